The minimum atomic E-state index is -0.935. The van der Waals surface area contributed by atoms with Crippen molar-refractivity contribution in [2.24, 2.45) is 0 Å². The second-order valence-corrected chi connectivity index (χ2v) is 5.68. The molecule has 4 nitrogen and oxygen atoms in total. The Morgan fingerprint density at radius 1 is 1.44 bits per heavy atom. The van der Waals surface area contributed by atoms with Crippen molar-refractivity contribution in [3.8, 4) is 0 Å². The van der Waals surface area contributed by atoms with Crippen LogP contribution in [0.15, 0.2) is 29.2 Å². The SMILES string of the molecule is CSc1ccccc1C(=O)N1CSCC1C(=O)O. The van der Waals surface area contributed by atoms with Crippen molar-refractivity contribution < 1.29 is 14.7 Å². The molecule has 1 aromatic carbocycles. The van der Waals surface area contributed by atoms with Gasteiger partial charge in [0.05, 0.1) is 11.4 Å². The summed E-state index contributed by atoms with van der Waals surface area (Å²) in [5.74, 6) is -0.228. The van der Waals surface area contributed by atoms with Crippen LogP contribution in [0.2, 0.25) is 0 Å². The summed E-state index contributed by atoms with van der Waals surface area (Å²) < 4.78 is 0. The first-order valence-electron chi connectivity index (χ1n) is 5.39. The minimum absolute atomic E-state index is 0.197. The highest BCUT2D eigenvalue weighted by Gasteiger charge is 2.35. The number of rotatable bonds is 3. The number of nitrogens with zero attached hydrogens (tertiary/aromatic N) is 1. The third-order valence-corrected chi connectivity index (χ3v) is 4.57. The maximum Gasteiger partial charge on any atom is 0.327 e. The maximum absolute atomic E-state index is 12.4. The summed E-state index contributed by atoms with van der Waals surface area (Å²) in [4.78, 5) is 25.8. The van der Waals surface area contributed by atoms with E-state index in [0.29, 0.717) is 17.2 Å². The topological polar surface area (TPSA) is 57.6 Å². The number of carboxylic acid groups (broad SMARTS) is 1. The summed E-state index contributed by atoms with van der Waals surface area (Å²) in [6.07, 6.45) is 1.90. The van der Waals surface area contributed by atoms with Crippen LogP contribution in [0.3, 0.4) is 0 Å². The quantitative estimate of drug-likeness (QED) is 0.860. The third-order valence-electron chi connectivity index (χ3n) is 2.77. The fraction of sp³-hybridized carbons (Fsp3) is 0.333. The summed E-state index contributed by atoms with van der Waals surface area (Å²) in [6.45, 7) is 0. The van der Waals surface area contributed by atoms with E-state index in [0.717, 1.165) is 4.90 Å². The zero-order valence-corrected chi connectivity index (χ0v) is 11.5. The van der Waals surface area contributed by atoms with E-state index in [1.165, 1.54) is 28.4 Å². The van der Waals surface area contributed by atoms with Gasteiger partial charge in [-0.15, -0.1) is 23.5 Å². The normalized spacial score (nSPS) is 18.9. The predicted molar refractivity (Wildman–Crippen MR) is 73.1 cm³/mol. The lowest BCUT2D eigenvalue weighted by Gasteiger charge is -2.21. The Morgan fingerprint density at radius 3 is 2.83 bits per heavy atom. The highest BCUT2D eigenvalue weighted by Crippen LogP contribution is 2.27. The van der Waals surface area contributed by atoms with Crippen LogP contribution in [0.25, 0.3) is 0 Å². The zero-order valence-electron chi connectivity index (χ0n) is 9.83. The first kappa shape index (κ1) is 13.3. The molecule has 6 heteroatoms. The zero-order chi connectivity index (χ0) is 13.1. The average Bonchev–Trinajstić information content (AvgIpc) is 2.87. The monoisotopic (exact) mass is 283 g/mol. The van der Waals surface area contributed by atoms with E-state index in [-0.39, 0.29) is 5.91 Å². The summed E-state index contributed by atoms with van der Waals surface area (Å²) in [5.41, 5.74) is 0.582. The molecule has 1 atom stereocenters. The van der Waals surface area contributed by atoms with E-state index in [9.17, 15) is 9.59 Å². The number of carbonyl (C=O) groups excluding carboxylic acids is 1. The van der Waals surface area contributed by atoms with Gasteiger partial charge in [0.25, 0.3) is 5.91 Å². The van der Waals surface area contributed by atoms with Crippen molar-refractivity contribution in [3.05, 3.63) is 29.8 Å². The maximum atomic E-state index is 12.4. The number of hydrogen-bond donors (Lipinski definition) is 1. The number of carbonyl (C=O) groups is 2. The third kappa shape index (κ3) is 2.49. The van der Waals surface area contributed by atoms with Crippen LogP contribution in [0, 0.1) is 0 Å². The highest BCUT2D eigenvalue weighted by molar-refractivity contribution is 7.99. The molecule has 1 amide bonds. The van der Waals surface area contributed by atoms with Gasteiger partial charge < -0.3 is 10.0 Å². The van der Waals surface area contributed by atoms with Crippen LogP contribution in [0.1, 0.15) is 10.4 Å². The molecule has 2 rings (SSSR count). The van der Waals surface area contributed by atoms with Crippen molar-refractivity contribution >= 4 is 35.4 Å². The van der Waals surface area contributed by atoms with Gasteiger partial charge in [-0.25, -0.2) is 4.79 Å². The molecule has 1 unspecified atom stereocenters. The molecule has 1 fully saturated rings. The second kappa shape index (κ2) is 5.67. The fourth-order valence-electron chi connectivity index (χ4n) is 1.82. The lowest BCUT2D eigenvalue weighted by molar-refractivity contribution is -0.140. The summed E-state index contributed by atoms with van der Waals surface area (Å²) in [6, 6.07) is 6.58. The first-order valence-corrected chi connectivity index (χ1v) is 7.77. The molecule has 18 heavy (non-hydrogen) atoms. The van der Waals surface area contributed by atoms with E-state index >= 15 is 0 Å². The molecule has 0 saturated carbocycles. The van der Waals surface area contributed by atoms with Gasteiger partial charge in [-0.05, 0) is 18.4 Å². The second-order valence-electron chi connectivity index (χ2n) is 3.83. The van der Waals surface area contributed by atoms with Crippen LogP contribution in [0.4, 0.5) is 0 Å². The lowest BCUT2D eigenvalue weighted by atomic mass is 10.2. The standard InChI is InChI=1S/C12H13NO3S2/c1-17-10-5-3-2-4-8(10)11(14)13-7-18-6-9(13)12(15)16/h2-5,9H,6-7H2,1H3,(H,15,16). The lowest BCUT2D eigenvalue weighted by Crippen LogP contribution is -2.41. The van der Waals surface area contributed by atoms with Crippen molar-refractivity contribution in [1.29, 1.82) is 0 Å². The number of aliphatic carboxylic acids is 1. The van der Waals surface area contributed by atoms with Crippen molar-refractivity contribution in [1.82, 2.24) is 4.90 Å². The van der Waals surface area contributed by atoms with Crippen LogP contribution in [0.5, 0.6) is 0 Å². The Labute approximate surface area is 114 Å². The largest absolute Gasteiger partial charge is 0.480 e. The highest BCUT2D eigenvalue weighted by atomic mass is 32.2. The Bertz CT molecular complexity index is 478. The van der Waals surface area contributed by atoms with Crippen LogP contribution >= 0.6 is 23.5 Å². The van der Waals surface area contributed by atoms with Gasteiger partial charge in [0.2, 0.25) is 0 Å². The Hall–Kier alpha value is -1.14. The van der Waals surface area contributed by atoms with Crippen LogP contribution < -0.4 is 0 Å². The number of carboxylic acids is 1. The molecular formula is C12H13NO3S2. The molecule has 0 bridgehead atoms. The van der Waals surface area contributed by atoms with E-state index in [4.69, 9.17) is 5.11 Å². The smallest absolute Gasteiger partial charge is 0.327 e. The van der Waals surface area contributed by atoms with Crippen LogP contribution in [-0.2, 0) is 4.79 Å². The number of thioether (sulfide) groups is 2. The predicted octanol–water partition coefficient (Wildman–Crippen LogP) is 2.01. The summed E-state index contributed by atoms with van der Waals surface area (Å²) in [5, 5.41) is 9.09. The summed E-state index contributed by atoms with van der Waals surface area (Å²) >= 11 is 2.96. The fourth-order valence-corrected chi connectivity index (χ4v) is 3.56. The van der Waals surface area contributed by atoms with Crippen molar-refractivity contribution in [2.45, 2.75) is 10.9 Å². The molecule has 1 N–H and O–H groups in total. The van der Waals surface area contributed by atoms with Crippen molar-refractivity contribution in [2.75, 3.05) is 17.9 Å². The molecule has 0 radical (unpaired) electrons. The van der Waals surface area contributed by atoms with Crippen molar-refractivity contribution in [3.63, 3.8) is 0 Å². The molecule has 0 aromatic heterocycles. The van der Waals surface area contributed by atoms with Gasteiger partial charge in [-0.3, -0.25) is 4.79 Å². The molecule has 1 aliphatic rings. The Balaban J connectivity index is 2.28. The van der Waals surface area contributed by atoms with Gasteiger partial charge in [-0.1, -0.05) is 12.1 Å². The van der Waals surface area contributed by atoms with E-state index in [1.54, 1.807) is 12.1 Å². The molecule has 1 heterocycles. The number of amides is 1. The Kier molecular flexibility index (Phi) is 4.19. The number of benzene rings is 1. The average molecular weight is 283 g/mol. The van der Waals surface area contributed by atoms with Gasteiger partial charge >= 0.3 is 5.97 Å². The number of hydrogen-bond acceptors (Lipinski definition) is 4. The van der Waals surface area contributed by atoms with Gasteiger partial charge in [0, 0.05) is 10.6 Å². The molecule has 1 aliphatic heterocycles. The summed E-state index contributed by atoms with van der Waals surface area (Å²) in [7, 11) is 0. The first-order chi connectivity index (χ1) is 8.65. The minimum Gasteiger partial charge on any atom is -0.480 e. The van der Waals surface area contributed by atoms with Gasteiger partial charge in [0.1, 0.15) is 6.04 Å². The Morgan fingerprint density at radius 2 is 2.17 bits per heavy atom. The molecule has 1 saturated heterocycles. The van der Waals surface area contributed by atoms with Gasteiger partial charge in [0.15, 0.2) is 0 Å². The molecule has 1 aromatic rings. The molecular weight excluding hydrogens is 270 g/mol. The van der Waals surface area contributed by atoms with E-state index in [1.807, 2.05) is 18.4 Å². The molecule has 0 aliphatic carbocycles. The molecule has 96 valence electrons. The van der Waals surface area contributed by atoms with E-state index < -0.39 is 12.0 Å². The van der Waals surface area contributed by atoms with Crippen LogP contribution in [-0.4, -0.2) is 45.8 Å². The van der Waals surface area contributed by atoms with E-state index in [2.05, 4.69) is 0 Å². The van der Waals surface area contributed by atoms with Gasteiger partial charge in [-0.2, -0.15) is 0 Å². The molecule has 0 spiro atoms.